The summed E-state index contributed by atoms with van der Waals surface area (Å²) in [5.41, 5.74) is 5.18. The predicted octanol–water partition coefficient (Wildman–Crippen LogP) is -0.421. The van der Waals surface area contributed by atoms with E-state index in [1.54, 1.807) is 0 Å². The molecule has 0 radical (unpaired) electrons. The fourth-order valence-corrected chi connectivity index (χ4v) is 1.13. The summed E-state index contributed by atoms with van der Waals surface area (Å²) in [4.78, 5) is 10.1. The van der Waals surface area contributed by atoms with Gasteiger partial charge in [0.15, 0.2) is 0 Å². The average Bonchev–Trinajstić information content (AvgIpc) is 1.88. The number of carbonyl (C=O) groups is 1. The molecule has 7 N–H and O–H groups in total. The van der Waals surface area contributed by atoms with Crippen molar-refractivity contribution in [2.75, 3.05) is 12.5 Å². The van der Waals surface area contributed by atoms with E-state index in [4.69, 9.17) is 15.9 Å². The van der Waals surface area contributed by atoms with Crippen molar-refractivity contribution in [2.45, 2.75) is 12.5 Å². The molecule has 0 rings (SSSR count). The summed E-state index contributed by atoms with van der Waals surface area (Å²) >= 11 is 0. The van der Waals surface area contributed by atoms with Gasteiger partial charge in [-0.1, -0.05) is 8.58 Å². The normalized spacial score (nSPS) is 12.9. The Hall–Kier alpha value is -0.220. The molecule has 2 atom stereocenters. The fraction of sp³-hybridized carbons (Fsp3) is 0.800. The van der Waals surface area contributed by atoms with E-state index in [0.717, 1.165) is 0 Å². The monoisotopic (exact) mass is 182 g/mol. The van der Waals surface area contributed by atoms with Gasteiger partial charge >= 0.3 is 5.97 Å². The van der Waals surface area contributed by atoms with Crippen molar-refractivity contribution in [2.24, 2.45) is 5.73 Å². The highest BCUT2D eigenvalue weighted by atomic mass is 31.1. The molecule has 0 aromatic rings. The van der Waals surface area contributed by atoms with E-state index in [0.29, 0.717) is 21.2 Å². The topological polar surface area (TPSA) is 119 Å². The van der Waals surface area contributed by atoms with Crippen molar-refractivity contribution in [3.05, 3.63) is 0 Å². The molecule has 0 saturated heterocycles. The second-order valence-electron chi connectivity index (χ2n) is 1.89. The Kier molecular flexibility index (Phi) is 9.58. The molecule has 0 saturated carbocycles. The molecular weight excluding hydrogens is 167 g/mol. The largest absolute Gasteiger partial charge is 0.480 e. The van der Waals surface area contributed by atoms with Gasteiger partial charge in [0.05, 0.1) is 6.35 Å². The second kappa shape index (κ2) is 7.88. The quantitative estimate of drug-likeness (QED) is 0.340. The molecule has 0 aromatic heterocycles. The van der Waals surface area contributed by atoms with Gasteiger partial charge in [0.25, 0.3) is 0 Å². The third-order valence-electron chi connectivity index (χ3n) is 1.06. The molecule has 0 amide bonds. The van der Waals surface area contributed by atoms with Crippen LogP contribution in [-0.4, -0.2) is 34.7 Å². The highest BCUT2D eigenvalue weighted by molar-refractivity contribution is 7.37. The Morgan fingerprint density at radius 3 is 2.55 bits per heavy atom. The minimum atomic E-state index is -0.970. The van der Waals surface area contributed by atoms with Gasteiger partial charge in [-0.15, -0.1) is 0 Å². The Balaban J connectivity index is 0. The van der Waals surface area contributed by atoms with Crippen LogP contribution >= 0.6 is 8.58 Å². The molecule has 0 aliphatic carbocycles. The first kappa shape index (κ1) is 13.4. The molecule has 0 spiro atoms. The summed E-state index contributed by atoms with van der Waals surface area (Å²) in [5.74, 6) is -0.970. The summed E-state index contributed by atoms with van der Waals surface area (Å²) in [7, 11) is 0.413. The van der Waals surface area contributed by atoms with E-state index in [2.05, 4.69) is 0 Å². The summed E-state index contributed by atoms with van der Waals surface area (Å²) in [6.45, 7) is 0. The lowest BCUT2D eigenvalue weighted by molar-refractivity contribution is -0.138. The average molecular weight is 182 g/mol. The zero-order chi connectivity index (χ0) is 7.98. The van der Waals surface area contributed by atoms with Gasteiger partial charge in [-0.05, 0) is 12.6 Å². The van der Waals surface area contributed by atoms with Crippen molar-refractivity contribution in [3.63, 3.8) is 0 Å². The molecule has 6 heteroatoms. The minimum absolute atomic E-state index is 0. The molecule has 5 nitrogen and oxygen atoms in total. The third kappa shape index (κ3) is 7.68. The van der Waals surface area contributed by atoms with Gasteiger partial charge in [0.2, 0.25) is 0 Å². The first-order valence-corrected chi connectivity index (χ1v) is 4.40. The number of hydrogen-bond acceptors (Lipinski definition) is 4. The zero-order valence-electron chi connectivity index (χ0n) is 6.29. The lowest BCUT2D eigenvalue weighted by Crippen LogP contribution is -2.30. The molecule has 0 aliphatic rings. The van der Waals surface area contributed by atoms with E-state index in [1.807, 2.05) is 0 Å². The summed E-state index contributed by atoms with van der Waals surface area (Å²) in [5, 5.41) is 16.6. The van der Waals surface area contributed by atoms with Crippen LogP contribution in [0, 0.1) is 0 Å². The van der Waals surface area contributed by atoms with Crippen LogP contribution in [0.25, 0.3) is 0 Å². The number of hydrogen-bond donors (Lipinski definition) is 4. The number of aliphatic hydroxyl groups excluding tert-OH is 1. The molecule has 0 heterocycles. The van der Waals surface area contributed by atoms with Gasteiger partial charge in [-0.25, -0.2) is 0 Å². The SMILES string of the molecule is N.NC(CCPCO)C(=O)O. The van der Waals surface area contributed by atoms with E-state index in [9.17, 15) is 4.79 Å². The van der Waals surface area contributed by atoms with Crippen LogP contribution < -0.4 is 11.9 Å². The first-order valence-electron chi connectivity index (χ1n) is 2.98. The van der Waals surface area contributed by atoms with Gasteiger partial charge in [-0.3, -0.25) is 4.79 Å². The van der Waals surface area contributed by atoms with Crippen LogP contribution in [-0.2, 0) is 4.79 Å². The summed E-state index contributed by atoms with van der Waals surface area (Å²) < 4.78 is 0. The highest BCUT2D eigenvalue weighted by Gasteiger charge is 2.09. The lowest BCUT2D eigenvalue weighted by atomic mass is 10.2. The van der Waals surface area contributed by atoms with Crippen LogP contribution in [0.3, 0.4) is 0 Å². The van der Waals surface area contributed by atoms with Crippen molar-refractivity contribution in [1.82, 2.24) is 6.15 Å². The van der Waals surface area contributed by atoms with Crippen LogP contribution in [0.4, 0.5) is 0 Å². The molecular formula is C5H15N2O3P. The minimum Gasteiger partial charge on any atom is -0.480 e. The molecule has 11 heavy (non-hydrogen) atoms. The molecule has 68 valence electrons. The van der Waals surface area contributed by atoms with Crippen molar-refractivity contribution < 1.29 is 15.0 Å². The number of carboxylic acid groups (broad SMARTS) is 1. The van der Waals surface area contributed by atoms with Crippen LogP contribution in [0.2, 0.25) is 0 Å². The smallest absolute Gasteiger partial charge is 0.320 e. The number of rotatable bonds is 5. The Labute approximate surface area is 67.3 Å². The molecule has 0 bridgehead atoms. The molecule has 0 aromatic carbocycles. The second-order valence-corrected chi connectivity index (χ2v) is 3.21. The van der Waals surface area contributed by atoms with E-state index in [1.165, 1.54) is 0 Å². The summed E-state index contributed by atoms with van der Waals surface area (Å²) in [6.07, 6.45) is 1.28. The van der Waals surface area contributed by atoms with Gasteiger partial charge < -0.3 is 22.1 Å². The molecule has 0 fully saturated rings. The fourth-order valence-electron chi connectivity index (χ4n) is 0.460. The first-order chi connectivity index (χ1) is 4.68. The van der Waals surface area contributed by atoms with Crippen molar-refractivity contribution in [1.29, 1.82) is 0 Å². The van der Waals surface area contributed by atoms with Gasteiger partial charge in [0, 0.05) is 0 Å². The van der Waals surface area contributed by atoms with Gasteiger partial charge in [-0.2, -0.15) is 0 Å². The lowest BCUT2D eigenvalue weighted by Gasteiger charge is -2.03. The van der Waals surface area contributed by atoms with Crippen molar-refractivity contribution >= 4 is 14.6 Å². The molecule has 2 unspecified atom stereocenters. The van der Waals surface area contributed by atoms with Crippen LogP contribution in [0.15, 0.2) is 0 Å². The Morgan fingerprint density at radius 2 is 2.18 bits per heavy atom. The maximum Gasteiger partial charge on any atom is 0.320 e. The van der Waals surface area contributed by atoms with Crippen LogP contribution in [0.5, 0.6) is 0 Å². The number of aliphatic hydroxyl groups is 1. The number of carboxylic acids is 1. The summed E-state index contributed by atoms with van der Waals surface area (Å²) in [6, 6.07) is -0.765. The zero-order valence-corrected chi connectivity index (χ0v) is 7.29. The highest BCUT2D eigenvalue weighted by Crippen LogP contribution is 2.09. The maximum atomic E-state index is 10.1. The number of nitrogens with two attached hydrogens (primary N) is 1. The van der Waals surface area contributed by atoms with Crippen LogP contribution in [0.1, 0.15) is 6.42 Å². The van der Waals surface area contributed by atoms with Gasteiger partial charge in [0.1, 0.15) is 6.04 Å². The Morgan fingerprint density at radius 1 is 1.64 bits per heavy atom. The van der Waals surface area contributed by atoms with E-state index < -0.39 is 12.0 Å². The van der Waals surface area contributed by atoms with E-state index >= 15 is 0 Å². The van der Waals surface area contributed by atoms with Crippen molar-refractivity contribution in [3.8, 4) is 0 Å². The number of aliphatic carboxylic acids is 1. The third-order valence-corrected chi connectivity index (χ3v) is 1.93. The maximum absolute atomic E-state index is 10.1. The van der Waals surface area contributed by atoms with E-state index in [-0.39, 0.29) is 12.5 Å². The predicted molar refractivity (Wildman–Crippen MR) is 45.5 cm³/mol. The molecule has 0 aliphatic heterocycles. The Bertz CT molecular complexity index is 112. The standard InChI is InChI=1S/C5H12NO3P.H3N/c6-4(5(8)9)1-2-10-3-7;/h4,7,10H,1-3,6H2,(H,8,9);1H3.